The van der Waals surface area contributed by atoms with Gasteiger partial charge in [-0.05, 0) is 19.4 Å². The van der Waals surface area contributed by atoms with Gasteiger partial charge in [-0.15, -0.1) is 12.6 Å². The third kappa shape index (κ3) is 26.0. The lowest BCUT2D eigenvalue weighted by Gasteiger charge is -2.00. The maximum atomic E-state index is 5.27. The lowest BCUT2D eigenvalue weighted by atomic mass is 10.2. The van der Waals surface area contributed by atoms with Crippen molar-refractivity contribution < 1.29 is 0 Å². The van der Waals surface area contributed by atoms with E-state index in [-0.39, 0.29) is 0 Å². The molecule has 104 valence electrons. The summed E-state index contributed by atoms with van der Waals surface area (Å²) in [4.78, 5) is 0. The molecule has 0 bridgehead atoms. The van der Waals surface area contributed by atoms with Gasteiger partial charge in [-0.3, -0.25) is 0 Å². The predicted octanol–water partition coefficient (Wildman–Crippen LogP) is 3.90. The summed E-state index contributed by atoms with van der Waals surface area (Å²) in [6.45, 7) is 6.25. The van der Waals surface area contributed by atoms with E-state index in [1.54, 1.807) is 0 Å². The summed E-state index contributed by atoms with van der Waals surface area (Å²) in [6, 6.07) is 0. The van der Waals surface area contributed by atoms with Gasteiger partial charge in [-0.25, -0.2) is 0 Å². The fourth-order valence-corrected chi connectivity index (χ4v) is 1.53. The summed E-state index contributed by atoms with van der Waals surface area (Å²) in [6.07, 6.45) is 10.3. The molecule has 0 aliphatic heterocycles. The third-order valence-electron chi connectivity index (χ3n) is 2.36. The minimum Gasteiger partial charge on any atom is -0.371 e. The normalized spacial score (nSPS) is 9.41. The molecular weight excluding hydrogens is 248 g/mol. The van der Waals surface area contributed by atoms with Crippen LogP contribution in [0.4, 0.5) is 0 Å². The highest BCUT2D eigenvalue weighted by Crippen LogP contribution is 1.97. The summed E-state index contributed by atoms with van der Waals surface area (Å²) < 4.78 is 0.608. The van der Waals surface area contributed by atoms with Crippen molar-refractivity contribution in [2.24, 2.45) is 5.73 Å². The van der Waals surface area contributed by atoms with Crippen LogP contribution in [0.15, 0.2) is 0 Å². The average Bonchev–Trinajstić information content (AvgIpc) is 2.30. The summed E-state index contributed by atoms with van der Waals surface area (Å²) >= 11 is 8.67. The minimum atomic E-state index is 0.608. The van der Waals surface area contributed by atoms with Crippen LogP contribution in [0.1, 0.15) is 65.2 Å². The Labute approximate surface area is 119 Å². The van der Waals surface area contributed by atoms with Crippen molar-refractivity contribution in [3.63, 3.8) is 0 Å². The van der Waals surface area contributed by atoms with Crippen LogP contribution in [-0.2, 0) is 0 Å². The molecule has 0 aliphatic carbocycles. The molecule has 0 rings (SSSR count). The van der Waals surface area contributed by atoms with E-state index in [0.717, 1.165) is 13.1 Å². The van der Waals surface area contributed by atoms with Gasteiger partial charge in [-0.2, -0.15) is 0 Å². The molecule has 0 heterocycles. The Morgan fingerprint density at radius 2 is 1.53 bits per heavy atom. The highest BCUT2D eigenvalue weighted by atomic mass is 32.1. The summed E-state index contributed by atoms with van der Waals surface area (Å²) in [7, 11) is 0. The van der Waals surface area contributed by atoms with Gasteiger partial charge in [-0.1, -0.05) is 64.6 Å². The molecule has 0 aromatic carbocycles. The second-order valence-electron chi connectivity index (χ2n) is 4.14. The Bertz CT molecular complexity index is 148. The second kappa shape index (κ2) is 18.6. The molecule has 0 radical (unpaired) electrons. The van der Waals surface area contributed by atoms with Crippen molar-refractivity contribution in [2.45, 2.75) is 65.2 Å². The van der Waals surface area contributed by atoms with Crippen molar-refractivity contribution in [3.8, 4) is 0 Å². The summed E-state index contributed by atoms with van der Waals surface area (Å²) in [5.74, 6) is 0. The van der Waals surface area contributed by atoms with Crippen molar-refractivity contribution in [1.29, 1.82) is 0 Å². The Kier molecular flexibility index (Phi) is 21.3. The molecule has 3 N–H and O–H groups in total. The zero-order valence-electron chi connectivity index (χ0n) is 11.5. The molecule has 0 saturated heterocycles. The average molecular weight is 279 g/mol. The number of nitrogens with two attached hydrogens (primary N) is 1. The molecule has 0 aromatic heterocycles. The SMILES string of the molecule is CCCCCCN.CCCCCCNC(=S)S. The fraction of sp³-hybridized carbons (Fsp3) is 0.923. The van der Waals surface area contributed by atoms with Crippen molar-refractivity contribution >= 4 is 29.2 Å². The van der Waals surface area contributed by atoms with E-state index in [1.807, 2.05) is 0 Å². The number of hydrogen-bond donors (Lipinski definition) is 3. The van der Waals surface area contributed by atoms with Gasteiger partial charge in [0.2, 0.25) is 0 Å². The van der Waals surface area contributed by atoms with Gasteiger partial charge in [0.15, 0.2) is 0 Å². The van der Waals surface area contributed by atoms with E-state index in [1.165, 1.54) is 51.4 Å². The quantitative estimate of drug-likeness (QED) is 0.340. The lowest BCUT2D eigenvalue weighted by Crippen LogP contribution is -2.17. The first kappa shape index (κ1) is 19.5. The minimum absolute atomic E-state index is 0.608. The van der Waals surface area contributed by atoms with E-state index in [4.69, 9.17) is 18.0 Å². The molecule has 0 spiro atoms. The zero-order chi connectivity index (χ0) is 13.4. The van der Waals surface area contributed by atoms with Crippen LogP contribution >= 0.6 is 24.8 Å². The van der Waals surface area contributed by atoms with Crippen molar-refractivity contribution in [2.75, 3.05) is 13.1 Å². The molecule has 0 aromatic rings. The first-order valence-electron chi connectivity index (χ1n) is 6.85. The van der Waals surface area contributed by atoms with Crippen LogP contribution in [-0.4, -0.2) is 17.4 Å². The number of hydrogen-bond acceptors (Lipinski definition) is 2. The Hall–Kier alpha value is 0.200. The summed E-state index contributed by atoms with van der Waals surface area (Å²) in [5.41, 5.74) is 5.27. The number of thiol groups is 1. The number of nitrogens with one attached hydrogen (secondary N) is 1. The zero-order valence-corrected chi connectivity index (χ0v) is 13.2. The van der Waals surface area contributed by atoms with Gasteiger partial charge in [0, 0.05) is 6.54 Å². The van der Waals surface area contributed by atoms with Crippen LogP contribution in [0.25, 0.3) is 0 Å². The molecule has 17 heavy (non-hydrogen) atoms. The largest absolute Gasteiger partial charge is 0.371 e. The topological polar surface area (TPSA) is 38.0 Å². The van der Waals surface area contributed by atoms with Crippen LogP contribution < -0.4 is 11.1 Å². The molecule has 2 nitrogen and oxygen atoms in total. The predicted molar refractivity (Wildman–Crippen MR) is 86.9 cm³/mol. The van der Waals surface area contributed by atoms with Crippen molar-refractivity contribution in [1.82, 2.24) is 5.32 Å². The van der Waals surface area contributed by atoms with E-state index in [2.05, 4.69) is 31.8 Å². The first-order valence-corrected chi connectivity index (χ1v) is 7.71. The number of unbranched alkanes of at least 4 members (excludes halogenated alkanes) is 6. The fourth-order valence-electron chi connectivity index (χ4n) is 1.32. The van der Waals surface area contributed by atoms with Gasteiger partial charge < -0.3 is 11.1 Å². The molecule has 0 amide bonds. The lowest BCUT2D eigenvalue weighted by molar-refractivity contribution is 0.657. The molecule has 0 unspecified atom stereocenters. The summed E-state index contributed by atoms with van der Waals surface area (Å²) in [5, 5.41) is 3.00. The third-order valence-corrected chi connectivity index (χ3v) is 2.67. The Balaban J connectivity index is 0. The smallest absolute Gasteiger partial charge is 0.130 e. The Morgan fingerprint density at radius 3 is 1.94 bits per heavy atom. The Morgan fingerprint density at radius 1 is 1.00 bits per heavy atom. The van der Waals surface area contributed by atoms with E-state index < -0.39 is 0 Å². The van der Waals surface area contributed by atoms with Crippen molar-refractivity contribution in [3.05, 3.63) is 0 Å². The first-order chi connectivity index (χ1) is 8.18. The maximum Gasteiger partial charge on any atom is 0.130 e. The highest BCUT2D eigenvalue weighted by Gasteiger charge is 1.87. The highest BCUT2D eigenvalue weighted by molar-refractivity contribution is 8.11. The van der Waals surface area contributed by atoms with E-state index in [9.17, 15) is 0 Å². The maximum absolute atomic E-state index is 5.27. The molecular formula is C13H30N2S2. The van der Waals surface area contributed by atoms with Crippen LogP contribution in [0.3, 0.4) is 0 Å². The molecule has 0 saturated carbocycles. The number of rotatable bonds is 9. The van der Waals surface area contributed by atoms with E-state index >= 15 is 0 Å². The van der Waals surface area contributed by atoms with Crippen LogP contribution in [0.2, 0.25) is 0 Å². The molecule has 0 aliphatic rings. The molecule has 4 heteroatoms. The monoisotopic (exact) mass is 278 g/mol. The van der Waals surface area contributed by atoms with Gasteiger partial charge in [0.1, 0.15) is 4.32 Å². The standard InChI is InChI=1S/C7H15NS2.C6H15N/c1-2-3-4-5-6-8-7(9)10;1-2-3-4-5-6-7/h2-6H2,1H3,(H2,8,9,10);2-7H2,1H3. The number of thiocarbonyl (C=S) groups is 1. The van der Waals surface area contributed by atoms with Gasteiger partial charge in [0.25, 0.3) is 0 Å². The second-order valence-corrected chi connectivity index (χ2v) is 5.30. The van der Waals surface area contributed by atoms with Crippen LogP contribution in [0.5, 0.6) is 0 Å². The molecule has 0 fully saturated rings. The van der Waals surface area contributed by atoms with Crippen LogP contribution in [0, 0.1) is 0 Å². The van der Waals surface area contributed by atoms with Gasteiger partial charge >= 0.3 is 0 Å². The van der Waals surface area contributed by atoms with E-state index in [0.29, 0.717) is 4.32 Å². The van der Waals surface area contributed by atoms with Gasteiger partial charge in [0.05, 0.1) is 0 Å². The molecule has 0 atom stereocenters.